The van der Waals surface area contributed by atoms with Gasteiger partial charge in [0.05, 0.1) is 20.3 Å². The highest BCUT2D eigenvalue weighted by molar-refractivity contribution is 5.51. The van der Waals surface area contributed by atoms with Crippen molar-refractivity contribution >= 4 is 0 Å². The van der Waals surface area contributed by atoms with Crippen LogP contribution in [0.5, 0.6) is 17.2 Å². The Morgan fingerprint density at radius 3 is 2.05 bits per heavy atom. The van der Waals surface area contributed by atoms with E-state index in [0.717, 1.165) is 11.3 Å². The normalized spacial score (nSPS) is 11.6. The van der Waals surface area contributed by atoms with Gasteiger partial charge in [0.15, 0.2) is 11.5 Å². The minimum absolute atomic E-state index is 0.0791. The van der Waals surface area contributed by atoms with E-state index in [9.17, 15) is 0 Å². The van der Waals surface area contributed by atoms with Crippen LogP contribution in [-0.2, 0) is 6.42 Å². The smallest absolute Gasteiger partial charge is 0.165 e. The summed E-state index contributed by atoms with van der Waals surface area (Å²) in [5, 5.41) is 0. The molecule has 0 radical (unpaired) electrons. The lowest BCUT2D eigenvalue weighted by molar-refractivity contribution is 0.228. The fourth-order valence-electron chi connectivity index (χ4n) is 1.91. The molecule has 0 aliphatic carbocycles. The molecular formula is C15H25NO3. The van der Waals surface area contributed by atoms with E-state index in [-0.39, 0.29) is 11.6 Å². The number of hydrogen-bond acceptors (Lipinski definition) is 4. The Balaban J connectivity index is 3.19. The van der Waals surface area contributed by atoms with Crippen LogP contribution < -0.4 is 19.9 Å². The predicted molar refractivity (Wildman–Crippen MR) is 77.3 cm³/mol. The third kappa shape index (κ3) is 4.63. The van der Waals surface area contributed by atoms with Gasteiger partial charge in [0.25, 0.3) is 0 Å². The van der Waals surface area contributed by atoms with Gasteiger partial charge in [-0.05, 0) is 45.7 Å². The highest BCUT2D eigenvalue weighted by atomic mass is 16.5. The lowest BCUT2D eigenvalue weighted by Gasteiger charge is -2.22. The third-order valence-electron chi connectivity index (χ3n) is 2.58. The summed E-state index contributed by atoms with van der Waals surface area (Å²) in [6, 6.07) is 3.80. The first-order chi connectivity index (χ1) is 8.76. The Labute approximate surface area is 115 Å². The van der Waals surface area contributed by atoms with Crippen LogP contribution in [0.25, 0.3) is 0 Å². The molecule has 0 saturated heterocycles. The molecule has 2 N–H and O–H groups in total. The van der Waals surface area contributed by atoms with Crippen LogP contribution in [0.3, 0.4) is 0 Å². The zero-order valence-electron chi connectivity index (χ0n) is 12.7. The Kier molecular flexibility index (Phi) is 5.06. The Hall–Kier alpha value is -1.42. The molecule has 19 heavy (non-hydrogen) atoms. The average molecular weight is 267 g/mol. The molecule has 0 heterocycles. The predicted octanol–water partition coefficient (Wildman–Crippen LogP) is 2.77. The standard InChI is InChI=1S/C15H25NO3/c1-10(2)19-14-8-12(17-5)11(7-13(14)18-6)9-15(3,4)16/h7-8,10H,9,16H2,1-6H3. The maximum atomic E-state index is 6.07. The summed E-state index contributed by atoms with van der Waals surface area (Å²) in [5.74, 6) is 2.16. The fourth-order valence-corrected chi connectivity index (χ4v) is 1.91. The van der Waals surface area contributed by atoms with Gasteiger partial charge in [-0.1, -0.05) is 0 Å². The maximum absolute atomic E-state index is 6.07. The van der Waals surface area contributed by atoms with E-state index in [1.54, 1.807) is 14.2 Å². The second-order valence-electron chi connectivity index (χ2n) is 5.65. The van der Waals surface area contributed by atoms with Gasteiger partial charge in [0, 0.05) is 11.6 Å². The summed E-state index contributed by atoms with van der Waals surface area (Å²) in [4.78, 5) is 0. The van der Waals surface area contributed by atoms with E-state index in [1.165, 1.54) is 0 Å². The number of benzene rings is 1. The molecule has 1 aromatic carbocycles. The highest BCUT2D eigenvalue weighted by Crippen LogP contribution is 2.36. The summed E-state index contributed by atoms with van der Waals surface area (Å²) >= 11 is 0. The van der Waals surface area contributed by atoms with Crippen LogP contribution in [0.2, 0.25) is 0 Å². The second kappa shape index (κ2) is 6.15. The monoisotopic (exact) mass is 267 g/mol. The van der Waals surface area contributed by atoms with Crippen LogP contribution in [0, 0.1) is 0 Å². The van der Waals surface area contributed by atoms with Gasteiger partial charge < -0.3 is 19.9 Å². The van der Waals surface area contributed by atoms with Crippen LogP contribution >= 0.6 is 0 Å². The van der Waals surface area contributed by atoms with E-state index in [4.69, 9.17) is 19.9 Å². The lowest BCUT2D eigenvalue weighted by Crippen LogP contribution is -2.34. The molecule has 0 aromatic heterocycles. The summed E-state index contributed by atoms with van der Waals surface area (Å²) in [5.41, 5.74) is 6.78. The summed E-state index contributed by atoms with van der Waals surface area (Å²) in [7, 11) is 3.28. The van der Waals surface area contributed by atoms with Gasteiger partial charge in [-0.3, -0.25) is 0 Å². The van der Waals surface area contributed by atoms with Crippen LogP contribution in [-0.4, -0.2) is 25.9 Å². The van der Waals surface area contributed by atoms with Crippen molar-refractivity contribution in [3.8, 4) is 17.2 Å². The quantitative estimate of drug-likeness (QED) is 0.861. The van der Waals surface area contributed by atoms with Crippen molar-refractivity contribution in [1.82, 2.24) is 0 Å². The number of nitrogens with two attached hydrogens (primary N) is 1. The molecular weight excluding hydrogens is 242 g/mol. The van der Waals surface area contributed by atoms with Crippen molar-refractivity contribution in [2.45, 2.75) is 45.8 Å². The molecule has 0 bridgehead atoms. The van der Waals surface area contributed by atoms with Gasteiger partial charge in [-0.15, -0.1) is 0 Å². The molecule has 4 heteroatoms. The largest absolute Gasteiger partial charge is 0.496 e. The summed E-state index contributed by atoms with van der Waals surface area (Å²) in [6.45, 7) is 7.92. The van der Waals surface area contributed by atoms with Crippen LogP contribution in [0.4, 0.5) is 0 Å². The first kappa shape index (κ1) is 15.6. The average Bonchev–Trinajstić information content (AvgIpc) is 2.27. The fraction of sp³-hybridized carbons (Fsp3) is 0.600. The van der Waals surface area contributed by atoms with Gasteiger partial charge in [-0.25, -0.2) is 0 Å². The molecule has 0 amide bonds. The summed E-state index contributed by atoms with van der Waals surface area (Å²) in [6.07, 6.45) is 0.782. The van der Waals surface area contributed by atoms with Gasteiger partial charge >= 0.3 is 0 Å². The molecule has 0 aliphatic rings. The molecule has 4 nitrogen and oxygen atoms in total. The zero-order valence-corrected chi connectivity index (χ0v) is 12.7. The minimum atomic E-state index is -0.307. The molecule has 0 spiro atoms. The first-order valence-corrected chi connectivity index (χ1v) is 6.47. The number of methoxy groups -OCH3 is 2. The van der Waals surface area contributed by atoms with E-state index in [1.807, 2.05) is 39.8 Å². The van der Waals surface area contributed by atoms with E-state index in [0.29, 0.717) is 17.9 Å². The van der Waals surface area contributed by atoms with Gasteiger partial charge in [0.2, 0.25) is 0 Å². The maximum Gasteiger partial charge on any atom is 0.165 e. The van der Waals surface area contributed by atoms with E-state index in [2.05, 4.69) is 0 Å². The van der Waals surface area contributed by atoms with Crippen molar-refractivity contribution in [3.63, 3.8) is 0 Å². The van der Waals surface area contributed by atoms with Crippen molar-refractivity contribution in [2.24, 2.45) is 5.73 Å². The second-order valence-corrected chi connectivity index (χ2v) is 5.65. The Morgan fingerprint density at radius 2 is 1.63 bits per heavy atom. The molecule has 1 aromatic rings. The summed E-state index contributed by atoms with van der Waals surface area (Å²) < 4.78 is 16.5. The number of rotatable bonds is 6. The number of ether oxygens (including phenoxy) is 3. The minimum Gasteiger partial charge on any atom is -0.496 e. The molecule has 108 valence electrons. The topological polar surface area (TPSA) is 53.7 Å². The van der Waals surface area contributed by atoms with Gasteiger partial charge in [0.1, 0.15) is 5.75 Å². The molecule has 0 atom stereocenters. The molecule has 0 fully saturated rings. The van der Waals surface area contributed by atoms with Crippen molar-refractivity contribution in [1.29, 1.82) is 0 Å². The highest BCUT2D eigenvalue weighted by Gasteiger charge is 2.19. The Morgan fingerprint density at radius 1 is 1.05 bits per heavy atom. The van der Waals surface area contributed by atoms with Crippen molar-refractivity contribution in [2.75, 3.05) is 14.2 Å². The van der Waals surface area contributed by atoms with Crippen LogP contribution in [0.15, 0.2) is 12.1 Å². The third-order valence-corrected chi connectivity index (χ3v) is 2.58. The van der Waals surface area contributed by atoms with E-state index < -0.39 is 0 Å². The van der Waals surface area contributed by atoms with Gasteiger partial charge in [-0.2, -0.15) is 0 Å². The van der Waals surface area contributed by atoms with Crippen molar-refractivity contribution in [3.05, 3.63) is 17.7 Å². The molecule has 0 unspecified atom stereocenters. The van der Waals surface area contributed by atoms with Crippen molar-refractivity contribution < 1.29 is 14.2 Å². The number of hydrogen-bond donors (Lipinski definition) is 1. The van der Waals surface area contributed by atoms with E-state index >= 15 is 0 Å². The Bertz CT molecular complexity index is 422. The zero-order chi connectivity index (χ0) is 14.6. The molecule has 1 rings (SSSR count). The SMILES string of the molecule is COc1cc(OC(C)C)c(OC)cc1CC(C)(C)N. The van der Waals surface area contributed by atoms with Crippen LogP contribution in [0.1, 0.15) is 33.3 Å². The lowest BCUT2D eigenvalue weighted by atomic mass is 9.95. The molecule has 0 saturated carbocycles. The molecule has 0 aliphatic heterocycles. The first-order valence-electron chi connectivity index (χ1n) is 6.47.